The molecule has 1 aliphatic heterocycles. The van der Waals surface area contributed by atoms with Crippen molar-refractivity contribution < 1.29 is 14.3 Å². The number of amides is 1. The molecule has 2 N–H and O–H groups in total. The van der Waals surface area contributed by atoms with Crippen molar-refractivity contribution in [3.63, 3.8) is 0 Å². The van der Waals surface area contributed by atoms with Gasteiger partial charge >= 0.3 is 6.09 Å². The smallest absolute Gasteiger partial charge is 0.410 e. The van der Waals surface area contributed by atoms with Gasteiger partial charge < -0.3 is 24.7 Å². The van der Waals surface area contributed by atoms with Gasteiger partial charge in [-0.25, -0.2) is 29.0 Å². The number of benzene rings is 1. The van der Waals surface area contributed by atoms with Crippen LogP contribution in [0.25, 0.3) is 22.3 Å². The van der Waals surface area contributed by atoms with Gasteiger partial charge in [-0.2, -0.15) is 0 Å². The van der Waals surface area contributed by atoms with Crippen molar-refractivity contribution in [2.45, 2.75) is 31.3 Å². The van der Waals surface area contributed by atoms with Crippen LogP contribution in [0.15, 0.2) is 53.8 Å². The number of rotatable bonds is 6. The number of hydrogen-bond acceptors (Lipinski definition) is 10. The predicted molar refractivity (Wildman–Crippen MR) is 146 cm³/mol. The molecule has 38 heavy (non-hydrogen) atoms. The number of carbonyl (C=O) groups is 1. The molecule has 0 saturated carbocycles. The van der Waals surface area contributed by atoms with Crippen molar-refractivity contribution in [1.82, 2.24) is 34.1 Å². The Hall–Kier alpha value is -3.90. The van der Waals surface area contributed by atoms with Crippen molar-refractivity contribution in [3.8, 4) is 17.1 Å². The van der Waals surface area contributed by atoms with Gasteiger partial charge in [0.05, 0.1) is 23.8 Å². The van der Waals surface area contributed by atoms with Crippen molar-refractivity contribution in [2.75, 3.05) is 38.6 Å². The lowest BCUT2D eigenvalue weighted by Crippen LogP contribution is -2.47. The number of nitrogens with zero attached hydrogens (tertiary/aromatic N) is 6. The largest absolute Gasteiger partial charge is 0.481 e. The summed E-state index contributed by atoms with van der Waals surface area (Å²) in [4.78, 5) is 35.9. The number of anilines is 2. The summed E-state index contributed by atoms with van der Waals surface area (Å²) in [6, 6.07) is 11.6. The number of pyridine rings is 1. The minimum Gasteiger partial charge on any atom is -0.481 e. The van der Waals surface area contributed by atoms with Gasteiger partial charge in [-0.15, -0.1) is 0 Å². The third kappa shape index (κ3) is 6.32. The first-order chi connectivity index (χ1) is 18.3. The van der Waals surface area contributed by atoms with E-state index in [-0.39, 0.29) is 6.09 Å². The molecule has 0 atom stereocenters. The Balaban J connectivity index is 1.21. The summed E-state index contributed by atoms with van der Waals surface area (Å²) < 4.78 is 12.9. The normalized spacial score (nSPS) is 14.5. The zero-order valence-electron chi connectivity index (χ0n) is 21.8. The summed E-state index contributed by atoms with van der Waals surface area (Å²) in [5.41, 5.74) is 2.90. The third-order valence-corrected chi connectivity index (χ3v) is 6.82. The predicted octanol–water partition coefficient (Wildman–Crippen LogP) is 4.73. The highest BCUT2D eigenvalue weighted by atomic mass is 32.2. The molecule has 1 amide bonds. The first kappa shape index (κ1) is 25.7. The lowest BCUT2D eigenvalue weighted by molar-refractivity contribution is 0.0197. The molecule has 3 aromatic heterocycles. The Kier molecular flexibility index (Phi) is 7.34. The van der Waals surface area contributed by atoms with E-state index in [2.05, 4.69) is 34.5 Å². The highest BCUT2D eigenvalue weighted by Crippen LogP contribution is 2.28. The fourth-order valence-electron chi connectivity index (χ4n) is 3.93. The molecule has 4 heterocycles. The summed E-state index contributed by atoms with van der Waals surface area (Å²) in [6.07, 6.45) is 2.99. The van der Waals surface area contributed by atoms with Crippen LogP contribution in [-0.4, -0.2) is 79.1 Å². The molecule has 0 aliphatic carbocycles. The summed E-state index contributed by atoms with van der Waals surface area (Å²) >= 11 is 1.65. The molecule has 5 rings (SSSR count). The summed E-state index contributed by atoms with van der Waals surface area (Å²) in [6.45, 7) is 8.39. The fourth-order valence-corrected chi connectivity index (χ4v) is 4.86. The molecule has 4 aromatic rings. The van der Waals surface area contributed by atoms with E-state index in [9.17, 15) is 4.79 Å². The SMILES string of the molecule is COc1cc(-c2ccc3nc(Nc4cc(SN5CCN(C(=O)OC(C)(C)C)CC5)ccn4)[nH]c3c2)ncn1. The quantitative estimate of drug-likeness (QED) is 0.336. The van der Waals surface area contributed by atoms with E-state index in [0.717, 1.165) is 40.3 Å². The standard InChI is InChI=1S/C26H30N8O3S/c1-26(2,3)37-25(35)33-9-11-34(12-10-33)38-18-7-8-27-22(14-18)32-24-30-19-6-5-17(13-21(19)31-24)20-15-23(36-4)29-16-28-20/h5-8,13-16H,9-12H2,1-4H3,(H2,27,30,31,32). The van der Waals surface area contributed by atoms with E-state index < -0.39 is 5.60 Å². The van der Waals surface area contributed by atoms with Gasteiger partial charge in [0.2, 0.25) is 11.8 Å². The minimum absolute atomic E-state index is 0.257. The van der Waals surface area contributed by atoms with Gasteiger partial charge in [-0.1, -0.05) is 6.07 Å². The van der Waals surface area contributed by atoms with E-state index >= 15 is 0 Å². The summed E-state index contributed by atoms with van der Waals surface area (Å²) in [5.74, 6) is 1.79. The Morgan fingerprint density at radius 3 is 2.63 bits per heavy atom. The Bertz CT molecular complexity index is 1430. The van der Waals surface area contributed by atoms with Crippen LogP contribution in [0.1, 0.15) is 20.8 Å². The summed E-state index contributed by atoms with van der Waals surface area (Å²) in [7, 11) is 1.58. The number of aromatic amines is 1. The van der Waals surface area contributed by atoms with Crippen LogP contribution in [0.3, 0.4) is 0 Å². The third-order valence-electron chi connectivity index (χ3n) is 5.73. The molecule has 0 spiro atoms. The van der Waals surface area contributed by atoms with Crippen LogP contribution < -0.4 is 10.1 Å². The molecule has 1 aromatic carbocycles. The van der Waals surface area contributed by atoms with E-state index in [1.807, 2.05) is 51.1 Å². The van der Waals surface area contributed by atoms with E-state index in [1.54, 1.807) is 36.2 Å². The average molecular weight is 535 g/mol. The van der Waals surface area contributed by atoms with Crippen molar-refractivity contribution in [2.24, 2.45) is 0 Å². The van der Waals surface area contributed by atoms with Crippen molar-refractivity contribution in [3.05, 3.63) is 48.9 Å². The van der Waals surface area contributed by atoms with Crippen LogP contribution in [-0.2, 0) is 4.74 Å². The van der Waals surface area contributed by atoms with Crippen LogP contribution in [0.5, 0.6) is 5.88 Å². The maximum atomic E-state index is 12.3. The molecule has 0 unspecified atom stereocenters. The molecule has 1 fully saturated rings. The number of imidazole rings is 1. The molecule has 12 heteroatoms. The second kappa shape index (κ2) is 10.8. The Morgan fingerprint density at radius 1 is 1.05 bits per heavy atom. The molecule has 198 valence electrons. The first-order valence-corrected chi connectivity index (χ1v) is 13.0. The van der Waals surface area contributed by atoms with Gasteiger partial charge in [0.1, 0.15) is 17.7 Å². The Labute approximate surface area is 225 Å². The Morgan fingerprint density at radius 2 is 1.87 bits per heavy atom. The molecular formula is C26H30N8O3S. The average Bonchev–Trinajstić information content (AvgIpc) is 3.30. The molecule has 0 radical (unpaired) electrons. The van der Waals surface area contributed by atoms with Gasteiger partial charge in [0.25, 0.3) is 0 Å². The molecule has 11 nitrogen and oxygen atoms in total. The van der Waals surface area contributed by atoms with E-state index in [1.165, 1.54) is 6.33 Å². The highest BCUT2D eigenvalue weighted by molar-refractivity contribution is 7.97. The topological polar surface area (TPSA) is 121 Å². The molecule has 1 saturated heterocycles. The second-order valence-corrected chi connectivity index (χ2v) is 10.9. The van der Waals surface area contributed by atoms with E-state index in [0.29, 0.717) is 30.7 Å². The van der Waals surface area contributed by atoms with Gasteiger partial charge in [-0.3, -0.25) is 0 Å². The number of fused-ring (bicyclic) bond motifs is 1. The number of H-pyrrole nitrogens is 1. The van der Waals surface area contributed by atoms with Crippen molar-refractivity contribution in [1.29, 1.82) is 0 Å². The first-order valence-electron chi connectivity index (χ1n) is 12.3. The number of nitrogens with one attached hydrogen (secondary N) is 2. The van der Waals surface area contributed by atoms with Gasteiger partial charge in [-0.05, 0) is 57.0 Å². The summed E-state index contributed by atoms with van der Waals surface area (Å²) in [5, 5.41) is 3.27. The van der Waals surface area contributed by atoms with Crippen LogP contribution >= 0.6 is 11.9 Å². The zero-order valence-corrected chi connectivity index (χ0v) is 22.6. The fraction of sp³-hybridized carbons (Fsp3) is 0.346. The number of aromatic nitrogens is 5. The van der Waals surface area contributed by atoms with Crippen LogP contribution in [0.4, 0.5) is 16.6 Å². The number of methoxy groups -OCH3 is 1. The second-order valence-electron chi connectivity index (χ2n) is 9.75. The van der Waals surface area contributed by atoms with Gasteiger partial charge in [0.15, 0.2) is 0 Å². The lowest BCUT2D eigenvalue weighted by Gasteiger charge is -2.34. The number of hydrogen-bond donors (Lipinski definition) is 2. The highest BCUT2D eigenvalue weighted by Gasteiger charge is 2.26. The van der Waals surface area contributed by atoms with Crippen LogP contribution in [0.2, 0.25) is 0 Å². The molecule has 1 aliphatic rings. The minimum atomic E-state index is -0.490. The number of carbonyl (C=O) groups excluding carboxylic acids is 1. The van der Waals surface area contributed by atoms with Gasteiger partial charge in [0, 0.05) is 48.9 Å². The maximum Gasteiger partial charge on any atom is 0.410 e. The maximum absolute atomic E-state index is 12.3. The molecule has 0 bridgehead atoms. The lowest BCUT2D eigenvalue weighted by atomic mass is 10.1. The monoisotopic (exact) mass is 534 g/mol. The number of piperazine rings is 1. The van der Waals surface area contributed by atoms with Crippen molar-refractivity contribution >= 4 is 40.8 Å². The van der Waals surface area contributed by atoms with Crippen LogP contribution in [0, 0.1) is 0 Å². The number of ether oxygens (including phenoxy) is 2. The molecular weight excluding hydrogens is 504 g/mol. The zero-order chi connectivity index (χ0) is 26.7. The van der Waals surface area contributed by atoms with E-state index in [4.69, 9.17) is 9.47 Å².